The van der Waals surface area contributed by atoms with E-state index in [2.05, 4.69) is 5.10 Å². The van der Waals surface area contributed by atoms with Gasteiger partial charge in [-0.25, -0.2) is 22.2 Å². The smallest absolute Gasteiger partial charge is 0.276 e. The van der Waals surface area contributed by atoms with Crippen LogP contribution in [-0.4, -0.2) is 45.9 Å². The monoisotopic (exact) mass is 344 g/mol. The molecule has 1 unspecified atom stereocenters. The Bertz CT molecular complexity index is 690. The highest BCUT2D eigenvalue weighted by Crippen LogP contribution is 2.28. The number of nitrogens with zero attached hydrogens (tertiary/aromatic N) is 4. The molecule has 1 atom stereocenters. The lowest BCUT2D eigenvalue weighted by atomic mass is 9.98. The zero-order valence-corrected chi connectivity index (χ0v) is 15.3. The lowest BCUT2D eigenvalue weighted by Crippen LogP contribution is -2.41. The topological polar surface area (TPSA) is 77.2 Å². The molecule has 1 aromatic heterocycles. The first-order chi connectivity index (χ1) is 10.8. The van der Waals surface area contributed by atoms with Crippen LogP contribution in [0.25, 0.3) is 0 Å². The Morgan fingerprint density at radius 2 is 2.04 bits per heavy atom. The van der Waals surface area contributed by atoms with Crippen molar-refractivity contribution in [3.8, 4) is 0 Å². The normalized spacial score (nSPS) is 20.3. The molecule has 23 heavy (non-hydrogen) atoms. The fourth-order valence-electron chi connectivity index (χ4n) is 3.12. The molecular weight excluding hydrogens is 316 g/mol. The van der Waals surface area contributed by atoms with E-state index in [-0.39, 0.29) is 23.4 Å². The summed E-state index contributed by atoms with van der Waals surface area (Å²) in [6.07, 6.45) is 3.22. The molecule has 8 heteroatoms. The third-order valence-electron chi connectivity index (χ3n) is 4.40. The van der Waals surface area contributed by atoms with E-state index < -0.39 is 10.0 Å². The second-order valence-electron chi connectivity index (χ2n) is 6.59. The van der Waals surface area contributed by atoms with Crippen molar-refractivity contribution in [1.29, 1.82) is 0 Å². The van der Waals surface area contributed by atoms with Crippen LogP contribution in [0.1, 0.15) is 64.2 Å². The van der Waals surface area contributed by atoms with E-state index >= 15 is 0 Å². The summed E-state index contributed by atoms with van der Waals surface area (Å²) in [5.41, 5.74) is -0.138. The molecule has 7 nitrogen and oxygen atoms in total. The molecule has 2 rings (SSSR count). The van der Waals surface area contributed by atoms with Crippen LogP contribution in [0.3, 0.4) is 0 Å². The van der Waals surface area contributed by atoms with E-state index in [9.17, 15) is 13.2 Å². The molecule has 0 spiro atoms. The number of sulfonamides is 1. The minimum Gasteiger partial charge on any atom is -0.276 e. The molecule has 1 aliphatic heterocycles. The maximum Gasteiger partial charge on any atom is 0.345 e. The summed E-state index contributed by atoms with van der Waals surface area (Å²) in [5, 5.41) is 4.38. The number of aromatic nitrogens is 3. The lowest BCUT2D eigenvalue weighted by Gasteiger charge is -2.31. The Balaban J connectivity index is 2.26. The van der Waals surface area contributed by atoms with E-state index in [1.165, 1.54) is 4.68 Å². The molecule has 0 aliphatic carbocycles. The van der Waals surface area contributed by atoms with Crippen LogP contribution in [0.2, 0.25) is 0 Å². The van der Waals surface area contributed by atoms with Crippen molar-refractivity contribution in [3.05, 3.63) is 16.3 Å². The van der Waals surface area contributed by atoms with Crippen LogP contribution >= 0.6 is 0 Å². The summed E-state index contributed by atoms with van der Waals surface area (Å²) in [7, 11) is -1.57. The van der Waals surface area contributed by atoms with Crippen molar-refractivity contribution in [2.45, 2.75) is 58.4 Å². The maximum atomic E-state index is 12.4. The van der Waals surface area contributed by atoms with E-state index in [0.717, 1.165) is 19.3 Å². The highest BCUT2D eigenvalue weighted by atomic mass is 32.2. The van der Waals surface area contributed by atoms with Gasteiger partial charge in [-0.05, 0) is 33.1 Å². The van der Waals surface area contributed by atoms with Gasteiger partial charge in [0.15, 0.2) is 0 Å². The Labute approximate surface area is 138 Å². The molecule has 0 radical (unpaired) electrons. The van der Waals surface area contributed by atoms with Gasteiger partial charge < -0.3 is 0 Å². The van der Waals surface area contributed by atoms with Crippen molar-refractivity contribution in [2.24, 2.45) is 7.05 Å². The van der Waals surface area contributed by atoms with Crippen LogP contribution < -0.4 is 5.69 Å². The Morgan fingerprint density at radius 3 is 2.65 bits per heavy atom. The molecule has 2 heterocycles. The van der Waals surface area contributed by atoms with Gasteiger partial charge in [0.25, 0.3) is 0 Å². The molecule has 1 fully saturated rings. The standard InChI is InChI=1S/C15H28N4O3S/c1-5-6-10-23(21,22)18-9-7-8-13(11-18)14-16-17(4)15(20)19(14)12(2)3/h12-13H,5-11H2,1-4H3. The van der Waals surface area contributed by atoms with Gasteiger partial charge in [0.1, 0.15) is 5.82 Å². The molecule has 0 N–H and O–H groups in total. The second-order valence-corrected chi connectivity index (χ2v) is 8.68. The molecule has 0 aromatic carbocycles. The number of hydrogen-bond donors (Lipinski definition) is 0. The number of piperidine rings is 1. The van der Waals surface area contributed by atoms with E-state index in [1.807, 2.05) is 20.8 Å². The average Bonchev–Trinajstić information content (AvgIpc) is 2.81. The van der Waals surface area contributed by atoms with E-state index in [0.29, 0.717) is 25.3 Å². The molecule has 1 aliphatic rings. The third kappa shape index (κ3) is 3.85. The summed E-state index contributed by atoms with van der Waals surface area (Å²) in [6, 6.07) is 0.0123. The summed E-state index contributed by atoms with van der Waals surface area (Å²) in [5.74, 6) is 0.898. The zero-order valence-electron chi connectivity index (χ0n) is 14.5. The van der Waals surface area contributed by atoms with Gasteiger partial charge in [-0.15, -0.1) is 0 Å². The van der Waals surface area contributed by atoms with Crippen LogP contribution in [0, 0.1) is 0 Å². The van der Waals surface area contributed by atoms with Crippen molar-refractivity contribution >= 4 is 10.0 Å². The predicted molar refractivity (Wildman–Crippen MR) is 90.1 cm³/mol. The number of aryl methyl sites for hydroxylation is 1. The van der Waals surface area contributed by atoms with E-state index in [1.54, 1.807) is 15.9 Å². The Hall–Kier alpha value is -1.15. The molecule has 0 saturated carbocycles. The van der Waals surface area contributed by atoms with Crippen LogP contribution in [0.4, 0.5) is 0 Å². The minimum absolute atomic E-state index is 0.0123. The molecular formula is C15H28N4O3S. The van der Waals surface area contributed by atoms with Crippen LogP contribution in [0.15, 0.2) is 4.79 Å². The van der Waals surface area contributed by atoms with E-state index in [4.69, 9.17) is 0 Å². The fourth-order valence-corrected chi connectivity index (χ4v) is 4.85. The zero-order chi connectivity index (χ0) is 17.2. The molecule has 1 aromatic rings. The minimum atomic E-state index is -3.21. The first kappa shape index (κ1) is 18.2. The highest BCUT2D eigenvalue weighted by molar-refractivity contribution is 7.89. The van der Waals surface area contributed by atoms with Gasteiger partial charge in [0, 0.05) is 32.1 Å². The third-order valence-corrected chi connectivity index (χ3v) is 6.32. The summed E-state index contributed by atoms with van der Waals surface area (Å²) in [4.78, 5) is 12.2. The van der Waals surface area contributed by atoms with Gasteiger partial charge >= 0.3 is 5.69 Å². The van der Waals surface area contributed by atoms with Crippen LogP contribution in [0.5, 0.6) is 0 Å². The molecule has 0 bridgehead atoms. The van der Waals surface area contributed by atoms with Crippen molar-refractivity contribution in [2.75, 3.05) is 18.8 Å². The van der Waals surface area contributed by atoms with Gasteiger partial charge in [-0.3, -0.25) is 4.57 Å². The predicted octanol–water partition coefficient (Wildman–Crippen LogP) is 1.47. The Kier molecular flexibility index (Phi) is 5.67. The molecule has 1 saturated heterocycles. The van der Waals surface area contributed by atoms with Gasteiger partial charge in [-0.2, -0.15) is 5.10 Å². The second kappa shape index (κ2) is 7.17. The fraction of sp³-hybridized carbons (Fsp3) is 0.867. The molecule has 0 amide bonds. The quantitative estimate of drug-likeness (QED) is 0.783. The summed E-state index contributed by atoms with van der Waals surface area (Å²) < 4.78 is 29.5. The summed E-state index contributed by atoms with van der Waals surface area (Å²) >= 11 is 0. The summed E-state index contributed by atoms with van der Waals surface area (Å²) in [6.45, 7) is 6.89. The molecule has 132 valence electrons. The van der Waals surface area contributed by atoms with Crippen molar-refractivity contribution < 1.29 is 8.42 Å². The lowest BCUT2D eigenvalue weighted by molar-refractivity contribution is 0.301. The first-order valence-electron chi connectivity index (χ1n) is 8.41. The first-order valence-corrected chi connectivity index (χ1v) is 10.0. The highest BCUT2D eigenvalue weighted by Gasteiger charge is 2.32. The van der Waals surface area contributed by atoms with Crippen molar-refractivity contribution in [3.63, 3.8) is 0 Å². The van der Waals surface area contributed by atoms with Crippen LogP contribution in [-0.2, 0) is 17.1 Å². The maximum absolute atomic E-state index is 12.4. The number of hydrogen-bond acceptors (Lipinski definition) is 4. The SMILES string of the molecule is CCCCS(=O)(=O)N1CCCC(c2nn(C)c(=O)n2C(C)C)C1. The van der Waals surface area contributed by atoms with Gasteiger partial charge in [0.2, 0.25) is 10.0 Å². The van der Waals surface area contributed by atoms with Gasteiger partial charge in [-0.1, -0.05) is 13.3 Å². The Morgan fingerprint density at radius 1 is 1.35 bits per heavy atom. The largest absolute Gasteiger partial charge is 0.345 e. The number of rotatable bonds is 6. The van der Waals surface area contributed by atoms with Crippen molar-refractivity contribution in [1.82, 2.24) is 18.7 Å². The average molecular weight is 344 g/mol. The van der Waals surface area contributed by atoms with Gasteiger partial charge in [0.05, 0.1) is 5.75 Å². The number of unbranched alkanes of at least 4 members (excludes halogenated alkanes) is 1.